The molecule has 0 aromatic carbocycles. The Morgan fingerprint density at radius 1 is 1.67 bits per heavy atom. The summed E-state index contributed by atoms with van der Waals surface area (Å²) >= 11 is 5.70. The second-order valence-corrected chi connectivity index (χ2v) is 4.89. The molecule has 0 saturated heterocycles. The van der Waals surface area contributed by atoms with Crippen LogP contribution in [0.15, 0.2) is 22.6 Å². The predicted molar refractivity (Wildman–Crippen MR) is 66.9 cm³/mol. The molecule has 3 nitrogen and oxygen atoms in total. The van der Waals surface area contributed by atoms with Crippen LogP contribution in [0.25, 0.3) is 10.2 Å². The standard InChI is InChI=1S/C10H12N2OS2/c1-7(5-14)4-12-6-11-9-8(10(12)13)2-3-15-9/h2-3,6-7,14H,4-5H2,1H3. The van der Waals surface area contributed by atoms with Gasteiger partial charge in [0.1, 0.15) is 4.83 Å². The van der Waals surface area contributed by atoms with Gasteiger partial charge >= 0.3 is 0 Å². The van der Waals surface area contributed by atoms with Crippen molar-refractivity contribution >= 4 is 34.2 Å². The summed E-state index contributed by atoms with van der Waals surface area (Å²) in [7, 11) is 0. The van der Waals surface area contributed by atoms with Gasteiger partial charge in [0, 0.05) is 6.54 Å². The topological polar surface area (TPSA) is 34.9 Å². The van der Waals surface area contributed by atoms with Crippen molar-refractivity contribution in [2.24, 2.45) is 5.92 Å². The molecule has 2 aromatic heterocycles. The second-order valence-electron chi connectivity index (χ2n) is 3.63. The lowest BCUT2D eigenvalue weighted by Gasteiger charge is -2.09. The summed E-state index contributed by atoms with van der Waals surface area (Å²) in [6.45, 7) is 2.75. The van der Waals surface area contributed by atoms with Gasteiger partial charge < -0.3 is 0 Å². The number of hydrogen-bond acceptors (Lipinski definition) is 4. The van der Waals surface area contributed by atoms with Crippen LogP contribution in [0.3, 0.4) is 0 Å². The highest BCUT2D eigenvalue weighted by atomic mass is 32.1. The van der Waals surface area contributed by atoms with E-state index in [9.17, 15) is 4.79 Å². The SMILES string of the molecule is CC(CS)Cn1cnc2sccc2c1=O. The van der Waals surface area contributed by atoms with Crippen molar-refractivity contribution in [2.75, 3.05) is 5.75 Å². The van der Waals surface area contributed by atoms with Gasteiger partial charge in [-0.1, -0.05) is 6.92 Å². The molecular weight excluding hydrogens is 228 g/mol. The Bertz CT molecular complexity index is 517. The van der Waals surface area contributed by atoms with E-state index in [0.29, 0.717) is 17.8 Å². The number of thiophene rings is 1. The van der Waals surface area contributed by atoms with Gasteiger partial charge in [-0.15, -0.1) is 11.3 Å². The monoisotopic (exact) mass is 240 g/mol. The van der Waals surface area contributed by atoms with E-state index in [4.69, 9.17) is 0 Å². The van der Waals surface area contributed by atoms with Crippen LogP contribution in [0.5, 0.6) is 0 Å². The fraction of sp³-hybridized carbons (Fsp3) is 0.400. The van der Waals surface area contributed by atoms with Crippen molar-refractivity contribution in [3.05, 3.63) is 28.1 Å². The van der Waals surface area contributed by atoms with E-state index in [-0.39, 0.29) is 5.56 Å². The Labute approximate surface area is 97.2 Å². The highest BCUT2D eigenvalue weighted by Gasteiger charge is 2.07. The van der Waals surface area contributed by atoms with E-state index in [0.717, 1.165) is 10.6 Å². The molecule has 2 heterocycles. The third-order valence-electron chi connectivity index (χ3n) is 2.27. The molecule has 0 spiro atoms. The first-order valence-corrected chi connectivity index (χ1v) is 6.27. The number of nitrogens with zero attached hydrogens (tertiary/aromatic N) is 2. The molecule has 80 valence electrons. The highest BCUT2D eigenvalue weighted by Crippen LogP contribution is 2.13. The van der Waals surface area contributed by atoms with Crippen LogP contribution < -0.4 is 5.56 Å². The lowest BCUT2D eigenvalue weighted by atomic mass is 10.2. The Morgan fingerprint density at radius 3 is 3.20 bits per heavy atom. The van der Waals surface area contributed by atoms with Crippen LogP contribution in [-0.2, 0) is 6.54 Å². The third-order valence-corrected chi connectivity index (χ3v) is 3.71. The molecule has 1 unspecified atom stereocenters. The average Bonchev–Trinajstić information content (AvgIpc) is 2.70. The van der Waals surface area contributed by atoms with E-state index >= 15 is 0 Å². The molecule has 0 saturated carbocycles. The predicted octanol–water partition coefficient (Wildman–Crippen LogP) is 2.02. The van der Waals surface area contributed by atoms with Crippen LogP contribution in [0.2, 0.25) is 0 Å². The van der Waals surface area contributed by atoms with Crippen LogP contribution in [0.1, 0.15) is 6.92 Å². The molecule has 1 atom stereocenters. The van der Waals surface area contributed by atoms with Gasteiger partial charge in [0.25, 0.3) is 5.56 Å². The zero-order valence-corrected chi connectivity index (χ0v) is 10.1. The fourth-order valence-corrected chi connectivity index (χ4v) is 2.26. The van der Waals surface area contributed by atoms with Gasteiger partial charge in [0.05, 0.1) is 11.7 Å². The molecule has 0 N–H and O–H groups in total. The van der Waals surface area contributed by atoms with E-state index in [1.807, 2.05) is 11.4 Å². The largest absolute Gasteiger partial charge is 0.298 e. The molecular formula is C10H12N2OS2. The average molecular weight is 240 g/mol. The number of thiol groups is 1. The summed E-state index contributed by atoms with van der Waals surface area (Å²) < 4.78 is 1.66. The lowest BCUT2D eigenvalue weighted by Crippen LogP contribution is -2.23. The lowest BCUT2D eigenvalue weighted by molar-refractivity contribution is 0.516. The molecule has 2 aromatic rings. The first kappa shape index (κ1) is 10.7. The van der Waals surface area contributed by atoms with E-state index in [1.54, 1.807) is 10.9 Å². The van der Waals surface area contributed by atoms with Crippen molar-refractivity contribution in [3.8, 4) is 0 Å². The molecule has 0 amide bonds. The third kappa shape index (κ3) is 2.08. The van der Waals surface area contributed by atoms with Crippen LogP contribution in [0.4, 0.5) is 0 Å². The summed E-state index contributed by atoms with van der Waals surface area (Å²) in [6.07, 6.45) is 1.63. The van der Waals surface area contributed by atoms with Crippen LogP contribution in [-0.4, -0.2) is 15.3 Å². The minimum atomic E-state index is 0.0508. The maximum atomic E-state index is 11.9. The molecule has 5 heteroatoms. The van der Waals surface area contributed by atoms with Gasteiger partial charge in [0.2, 0.25) is 0 Å². The van der Waals surface area contributed by atoms with E-state index < -0.39 is 0 Å². The van der Waals surface area contributed by atoms with Crippen molar-refractivity contribution in [2.45, 2.75) is 13.5 Å². The fourth-order valence-electron chi connectivity index (χ4n) is 1.42. The van der Waals surface area contributed by atoms with Crippen molar-refractivity contribution in [1.29, 1.82) is 0 Å². The van der Waals surface area contributed by atoms with E-state index in [1.165, 1.54) is 11.3 Å². The second kappa shape index (κ2) is 4.37. The smallest absolute Gasteiger partial charge is 0.262 e. The van der Waals surface area contributed by atoms with Crippen molar-refractivity contribution in [3.63, 3.8) is 0 Å². The maximum Gasteiger partial charge on any atom is 0.262 e. The first-order valence-electron chi connectivity index (χ1n) is 4.76. The number of hydrogen-bond donors (Lipinski definition) is 1. The van der Waals surface area contributed by atoms with Gasteiger partial charge in [-0.2, -0.15) is 12.6 Å². The summed E-state index contributed by atoms with van der Waals surface area (Å²) in [5.41, 5.74) is 0.0508. The molecule has 0 fully saturated rings. The van der Waals surface area contributed by atoms with Gasteiger partial charge in [-0.3, -0.25) is 9.36 Å². The van der Waals surface area contributed by atoms with E-state index in [2.05, 4.69) is 24.5 Å². The zero-order valence-electron chi connectivity index (χ0n) is 8.38. The zero-order chi connectivity index (χ0) is 10.8. The van der Waals surface area contributed by atoms with Crippen molar-refractivity contribution in [1.82, 2.24) is 9.55 Å². The van der Waals surface area contributed by atoms with Gasteiger partial charge in [-0.05, 0) is 23.1 Å². The molecule has 0 radical (unpaired) electrons. The summed E-state index contributed by atoms with van der Waals surface area (Å²) in [4.78, 5) is 17.0. The minimum absolute atomic E-state index is 0.0508. The first-order chi connectivity index (χ1) is 7.22. The molecule has 0 aliphatic rings. The summed E-state index contributed by atoms with van der Waals surface area (Å²) in [6, 6.07) is 1.83. The number of rotatable bonds is 3. The number of aromatic nitrogens is 2. The summed E-state index contributed by atoms with van der Waals surface area (Å²) in [5.74, 6) is 1.15. The highest BCUT2D eigenvalue weighted by molar-refractivity contribution is 7.80. The summed E-state index contributed by atoms with van der Waals surface area (Å²) in [5, 5.41) is 2.61. The normalized spacial score (nSPS) is 13.2. The van der Waals surface area contributed by atoms with Crippen LogP contribution >= 0.6 is 24.0 Å². The molecule has 15 heavy (non-hydrogen) atoms. The van der Waals surface area contributed by atoms with Crippen LogP contribution in [0, 0.1) is 5.92 Å². The number of fused-ring (bicyclic) bond motifs is 1. The van der Waals surface area contributed by atoms with Crippen molar-refractivity contribution < 1.29 is 0 Å². The molecule has 0 bridgehead atoms. The minimum Gasteiger partial charge on any atom is -0.298 e. The van der Waals surface area contributed by atoms with Gasteiger partial charge in [0.15, 0.2) is 0 Å². The Kier molecular flexibility index (Phi) is 3.11. The Morgan fingerprint density at radius 2 is 2.47 bits per heavy atom. The van der Waals surface area contributed by atoms with Gasteiger partial charge in [-0.25, -0.2) is 4.98 Å². The Balaban J connectivity index is 2.44. The Hall–Kier alpha value is -0.810. The molecule has 0 aliphatic heterocycles. The quantitative estimate of drug-likeness (QED) is 0.833. The molecule has 2 rings (SSSR count). The molecule has 0 aliphatic carbocycles. The maximum absolute atomic E-state index is 11.9.